The summed E-state index contributed by atoms with van der Waals surface area (Å²) >= 11 is 0. The highest BCUT2D eigenvalue weighted by Crippen LogP contribution is 2.11. The van der Waals surface area contributed by atoms with Gasteiger partial charge in [0, 0.05) is 13.0 Å². The van der Waals surface area contributed by atoms with Gasteiger partial charge in [-0.3, -0.25) is 0 Å². The molecule has 0 aliphatic carbocycles. The van der Waals surface area contributed by atoms with Crippen molar-refractivity contribution in [3.05, 3.63) is 41.5 Å². The minimum Gasteiger partial charge on any atom is -0.497 e. The lowest BCUT2D eigenvalue weighted by Gasteiger charge is -2.04. The maximum Gasteiger partial charge on any atom is 0.227 e. The molecule has 5 nitrogen and oxygen atoms in total. The van der Waals surface area contributed by atoms with Gasteiger partial charge in [0.25, 0.3) is 0 Å². The Morgan fingerprint density at radius 2 is 1.89 bits per heavy atom. The monoisotopic (exact) mass is 261 g/mol. The van der Waals surface area contributed by atoms with Crippen molar-refractivity contribution in [2.24, 2.45) is 0 Å². The number of aromatic nitrogens is 2. The van der Waals surface area contributed by atoms with Crippen LogP contribution in [0.15, 0.2) is 28.8 Å². The van der Waals surface area contributed by atoms with Crippen LogP contribution in [0.4, 0.5) is 0 Å². The first kappa shape index (κ1) is 13.5. The number of methoxy groups -OCH3 is 1. The van der Waals surface area contributed by atoms with E-state index in [4.69, 9.17) is 9.26 Å². The number of ether oxygens (including phenoxy) is 1. The summed E-state index contributed by atoms with van der Waals surface area (Å²) in [6.45, 7) is 3.60. The normalized spacial score (nSPS) is 10.6. The molecule has 1 aromatic carbocycles. The fourth-order valence-corrected chi connectivity index (χ4v) is 1.79. The lowest BCUT2D eigenvalue weighted by molar-refractivity contribution is 0.372. The van der Waals surface area contributed by atoms with E-state index in [1.807, 2.05) is 19.1 Å². The molecule has 0 saturated carbocycles. The molecule has 0 saturated heterocycles. The third kappa shape index (κ3) is 4.37. The van der Waals surface area contributed by atoms with Crippen LogP contribution in [0.25, 0.3) is 0 Å². The van der Waals surface area contributed by atoms with Gasteiger partial charge in [-0.25, -0.2) is 0 Å². The minimum absolute atomic E-state index is 0.688. The Bertz CT molecular complexity index is 494. The molecular formula is C14H19N3O2. The fraction of sp³-hybridized carbons (Fsp3) is 0.429. The van der Waals surface area contributed by atoms with Gasteiger partial charge in [-0.1, -0.05) is 17.3 Å². The molecule has 0 aliphatic rings. The predicted molar refractivity (Wildman–Crippen MR) is 72.3 cm³/mol. The highest BCUT2D eigenvalue weighted by molar-refractivity contribution is 5.27. The molecule has 0 spiro atoms. The molecule has 1 heterocycles. The molecule has 0 radical (unpaired) electrons. The molecule has 0 amide bonds. The van der Waals surface area contributed by atoms with E-state index in [1.165, 1.54) is 5.56 Å². The van der Waals surface area contributed by atoms with E-state index in [2.05, 4.69) is 27.6 Å². The van der Waals surface area contributed by atoms with Gasteiger partial charge < -0.3 is 14.6 Å². The molecule has 2 rings (SSSR count). The molecule has 5 heteroatoms. The van der Waals surface area contributed by atoms with Crippen molar-refractivity contribution in [1.82, 2.24) is 15.5 Å². The standard InChI is InChI=1S/C14H19N3O2/c1-11-16-14(19-17-11)8-10-15-9-7-12-3-5-13(18-2)6-4-12/h3-6,15H,7-10H2,1-2H3. The Hall–Kier alpha value is -1.88. The summed E-state index contributed by atoms with van der Waals surface area (Å²) in [6.07, 6.45) is 1.76. The summed E-state index contributed by atoms with van der Waals surface area (Å²) in [6, 6.07) is 8.14. The Morgan fingerprint density at radius 1 is 1.16 bits per heavy atom. The van der Waals surface area contributed by atoms with Crippen LogP contribution in [0.5, 0.6) is 5.75 Å². The molecule has 1 aromatic heterocycles. The molecule has 0 fully saturated rings. The van der Waals surface area contributed by atoms with Crippen molar-refractivity contribution >= 4 is 0 Å². The highest BCUT2D eigenvalue weighted by atomic mass is 16.5. The first-order valence-electron chi connectivity index (χ1n) is 6.41. The topological polar surface area (TPSA) is 60.2 Å². The van der Waals surface area contributed by atoms with E-state index in [0.29, 0.717) is 11.7 Å². The van der Waals surface area contributed by atoms with Crippen molar-refractivity contribution in [2.75, 3.05) is 20.2 Å². The summed E-state index contributed by atoms with van der Waals surface area (Å²) in [5.74, 6) is 2.27. The second-order valence-electron chi connectivity index (χ2n) is 4.33. The Kier molecular flexibility index (Phi) is 4.92. The van der Waals surface area contributed by atoms with Crippen LogP contribution in [-0.4, -0.2) is 30.3 Å². The number of benzene rings is 1. The second kappa shape index (κ2) is 6.89. The lowest BCUT2D eigenvalue weighted by Crippen LogP contribution is -2.20. The van der Waals surface area contributed by atoms with Crippen molar-refractivity contribution in [3.63, 3.8) is 0 Å². The number of nitrogens with zero attached hydrogens (tertiary/aromatic N) is 2. The van der Waals surface area contributed by atoms with Crippen molar-refractivity contribution in [1.29, 1.82) is 0 Å². The predicted octanol–water partition coefficient (Wildman–Crippen LogP) is 1.76. The van der Waals surface area contributed by atoms with E-state index in [0.717, 1.165) is 31.7 Å². The van der Waals surface area contributed by atoms with Gasteiger partial charge in [0.2, 0.25) is 5.89 Å². The largest absolute Gasteiger partial charge is 0.497 e. The molecule has 0 unspecified atom stereocenters. The average Bonchev–Trinajstić information content (AvgIpc) is 2.85. The molecule has 19 heavy (non-hydrogen) atoms. The first-order valence-corrected chi connectivity index (χ1v) is 6.41. The van der Waals surface area contributed by atoms with Crippen LogP contribution < -0.4 is 10.1 Å². The average molecular weight is 261 g/mol. The minimum atomic E-state index is 0.688. The molecule has 0 aliphatic heterocycles. The van der Waals surface area contributed by atoms with Crippen LogP contribution >= 0.6 is 0 Å². The van der Waals surface area contributed by atoms with Crippen LogP contribution in [0.1, 0.15) is 17.3 Å². The summed E-state index contributed by atoms with van der Waals surface area (Å²) < 4.78 is 10.2. The zero-order valence-electron chi connectivity index (χ0n) is 11.3. The summed E-state index contributed by atoms with van der Waals surface area (Å²) in [7, 11) is 1.68. The highest BCUT2D eigenvalue weighted by Gasteiger charge is 2.01. The van der Waals surface area contributed by atoms with E-state index >= 15 is 0 Å². The van der Waals surface area contributed by atoms with Crippen LogP contribution in [0.3, 0.4) is 0 Å². The van der Waals surface area contributed by atoms with E-state index in [9.17, 15) is 0 Å². The molecule has 0 atom stereocenters. The van der Waals surface area contributed by atoms with Gasteiger partial charge >= 0.3 is 0 Å². The van der Waals surface area contributed by atoms with Crippen molar-refractivity contribution in [3.8, 4) is 5.75 Å². The number of aryl methyl sites for hydroxylation is 1. The molecule has 1 N–H and O–H groups in total. The quantitative estimate of drug-likeness (QED) is 0.770. The van der Waals surface area contributed by atoms with Crippen molar-refractivity contribution < 1.29 is 9.26 Å². The summed E-state index contributed by atoms with van der Waals surface area (Å²) in [5, 5.41) is 7.11. The zero-order chi connectivity index (χ0) is 13.5. The number of nitrogens with one attached hydrogen (secondary N) is 1. The Balaban J connectivity index is 1.63. The van der Waals surface area contributed by atoms with Gasteiger partial charge in [-0.2, -0.15) is 4.98 Å². The van der Waals surface area contributed by atoms with Crippen LogP contribution in [0, 0.1) is 6.92 Å². The third-order valence-electron chi connectivity index (χ3n) is 2.83. The van der Waals surface area contributed by atoms with Gasteiger partial charge in [-0.15, -0.1) is 0 Å². The summed E-state index contributed by atoms with van der Waals surface area (Å²) in [4.78, 5) is 4.15. The maximum atomic E-state index is 5.12. The number of hydrogen-bond acceptors (Lipinski definition) is 5. The van der Waals surface area contributed by atoms with E-state index < -0.39 is 0 Å². The van der Waals surface area contributed by atoms with Gasteiger partial charge in [-0.05, 0) is 37.6 Å². The molecule has 0 bridgehead atoms. The van der Waals surface area contributed by atoms with Gasteiger partial charge in [0.15, 0.2) is 5.82 Å². The van der Waals surface area contributed by atoms with E-state index in [1.54, 1.807) is 7.11 Å². The fourth-order valence-electron chi connectivity index (χ4n) is 1.79. The number of hydrogen-bond donors (Lipinski definition) is 1. The zero-order valence-corrected chi connectivity index (χ0v) is 11.3. The second-order valence-corrected chi connectivity index (χ2v) is 4.33. The summed E-state index contributed by atoms with van der Waals surface area (Å²) in [5.41, 5.74) is 1.29. The Labute approximate surface area is 113 Å². The maximum absolute atomic E-state index is 5.12. The third-order valence-corrected chi connectivity index (χ3v) is 2.83. The van der Waals surface area contributed by atoms with Gasteiger partial charge in [0.1, 0.15) is 5.75 Å². The van der Waals surface area contributed by atoms with Gasteiger partial charge in [0.05, 0.1) is 7.11 Å². The van der Waals surface area contributed by atoms with E-state index in [-0.39, 0.29) is 0 Å². The number of rotatable bonds is 7. The van der Waals surface area contributed by atoms with Crippen molar-refractivity contribution in [2.45, 2.75) is 19.8 Å². The molecule has 2 aromatic rings. The lowest BCUT2D eigenvalue weighted by atomic mass is 10.1. The Morgan fingerprint density at radius 3 is 2.53 bits per heavy atom. The molecule has 102 valence electrons. The van der Waals surface area contributed by atoms with Crippen LogP contribution in [-0.2, 0) is 12.8 Å². The first-order chi connectivity index (χ1) is 9.28. The smallest absolute Gasteiger partial charge is 0.227 e. The van der Waals surface area contributed by atoms with Crippen LogP contribution in [0.2, 0.25) is 0 Å². The SMILES string of the molecule is COc1ccc(CCNCCc2nc(C)no2)cc1. The molecular weight excluding hydrogens is 242 g/mol.